The Morgan fingerprint density at radius 3 is 2.56 bits per heavy atom. The van der Waals surface area contributed by atoms with Gasteiger partial charge in [-0.2, -0.15) is 13.2 Å². The normalized spacial score (nSPS) is 14.0. The molecule has 3 aromatic rings. The molecule has 1 N–H and O–H groups in total. The number of rotatable bonds is 5. The molecule has 164 valence electrons. The summed E-state index contributed by atoms with van der Waals surface area (Å²) < 4.78 is 53.5. The number of aryl methyl sites for hydroxylation is 1. The number of nitrogens with zero attached hydrogens (tertiary/aromatic N) is 3. The van der Waals surface area contributed by atoms with Crippen LogP contribution in [0.5, 0.6) is 0 Å². The van der Waals surface area contributed by atoms with Gasteiger partial charge in [0.15, 0.2) is 6.04 Å². The average Bonchev–Trinajstić information content (AvgIpc) is 3.15. The molecule has 9 heteroatoms. The summed E-state index contributed by atoms with van der Waals surface area (Å²) in [6, 6.07) is 7.03. The van der Waals surface area contributed by atoms with E-state index in [1.807, 2.05) is 24.4 Å². The fourth-order valence-corrected chi connectivity index (χ4v) is 3.56. The van der Waals surface area contributed by atoms with Crippen LogP contribution in [0, 0.1) is 12.7 Å². The van der Waals surface area contributed by atoms with Crippen molar-refractivity contribution in [1.82, 2.24) is 15.3 Å². The number of fused-ring (bicyclic) bond motifs is 1. The molecule has 0 saturated carbocycles. The molecule has 4 rings (SSSR count). The van der Waals surface area contributed by atoms with Crippen LogP contribution >= 0.6 is 0 Å². The fourth-order valence-electron chi connectivity index (χ4n) is 3.56. The van der Waals surface area contributed by atoms with Gasteiger partial charge in [0.2, 0.25) is 5.91 Å². The van der Waals surface area contributed by atoms with Crippen molar-refractivity contribution in [2.24, 2.45) is 4.99 Å². The van der Waals surface area contributed by atoms with Gasteiger partial charge in [0, 0.05) is 29.2 Å². The minimum Gasteiger partial charge on any atom is -0.340 e. The van der Waals surface area contributed by atoms with Crippen molar-refractivity contribution in [1.29, 1.82) is 0 Å². The zero-order chi connectivity index (χ0) is 22.9. The number of nitrogens with one attached hydrogen (secondary N) is 1. The molecule has 0 bridgehead atoms. The van der Waals surface area contributed by atoms with Crippen LogP contribution < -0.4 is 5.32 Å². The van der Waals surface area contributed by atoms with Crippen LogP contribution in [0.4, 0.5) is 17.6 Å². The summed E-state index contributed by atoms with van der Waals surface area (Å²) in [5.41, 5.74) is 4.26. The molecule has 1 amide bonds. The van der Waals surface area contributed by atoms with Crippen LogP contribution in [0.1, 0.15) is 39.7 Å². The van der Waals surface area contributed by atoms with Crippen LogP contribution in [-0.4, -0.2) is 27.8 Å². The van der Waals surface area contributed by atoms with Crippen LogP contribution in [-0.2, 0) is 17.8 Å². The number of carbonyl (C=O) groups excluding carboxylic acids is 1. The molecule has 0 unspecified atom stereocenters. The van der Waals surface area contributed by atoms with Crippen molar-refractivity contribution in [3.05, 3.63) is 94.3 Å². The number of amides is 1. The van der Waals surface area contributed by atoms with E-state index in [0.29, 0.717) is 12.2 Å². The average molecular weight is 442 g/mol. The number of alkyl halides is 3. The lowest BCUT2D eigenvalue weighted by Crippen LogP contribution is -2.39. The van der Waals surface area contributed by atoms with Crippen molar-refractivity contribution in [2.45, 2.75) is 32.1 Å². The van der Waals surface area contributed by atoms with Gasteiger partial charge < -0.3 is 5.32 Å². The van der Waals surface area contributed by atoms with Crippen molar-refractivity contribution in [2.75, 3.05) is 0 Å². The number of aliphatic imine (C=N–C) groups is 1. The predicted octanol–water partition coefficient (Wildman–Crippen LogP) is 4.24. The SMILES string of the molecule is Cc1cc(C2=NCc3cc(CC(=O)N[C@@H](c4ccc(F)cc4)C(F)(F)F)ncc32)ccn1. The van der Waals surface area contributed by atoms with Gasteiger partial charge in [0.05, 0.1) is 24.4 Å². The fraction of sp³-hybridized carbons (Fsp3) is 0.217. The van der Waals surface area contributed by atoms with E-state index in [1.165, 1.54) is 0 Å². The van der Waals surface area contributed by atoms with Crippen LogP contribution in [0.15, 0.2) is 59.9 Å². The number of benzene rings is 1. The van der Waals surface area contributed by atoms with E-state index in [1.54, 1.807) is 18.5 Å². The molecule has 32 heavy (non-hydrogen) atoms. The van der Waals surface area contributed by atoms with Crippen molar-refractivity contribution >= 4 is 11.6 Å². The highest BCUT2D eigenvalue weighted by Crippen LogP contribution is 2.33. The molecule has 2 aromatic heterocycles. The van der Waals surface area contributed by atoms with Crippen molar-refractivity contribution in [3.63, 3.8) is 0 Å². The van der Waals surface area contributed by atoms with Crippen LogP contribution in [0.3, 0.4) is 0 Å². The van der Waals surface area contributed by atoms with Crippen LogP contribution in [0.25, 0.3) is 0 Å². The van der Waals surface area contributed by atoms with Crippen LogP contribution in [0.2, 0.25) is 0 Å². The maximum atomic E-state index is 13.5. The molecule has 1 aliphatic rings. The number of halogens is 4. The summed E-state index contributed by atoms with van der Waals surface area (Å²) in [5, 5.41) is 1.99. The minimum absolute atomic E-state index is 0.250. The summed E-state index contributed by atoms with van der Waals surface area (Å²) >= 11 is 0. The third kappa shape index (κ3) is 4.66. The molecule has 0 fully saturated rings. The molecule has 0 aliphatic carbocycles. The monoisotopic (exact) mass is 442 g/mol. The summed E-state index contributed by atoms with van der Waals surface area (Å²) in [7, 11) is 0. The Bertz CT molecular complexity index is 1190. The Balaban J connectivity index is 1.49. The van der Waals surface area contributed by atoms with E-state index in [9.17, 15) is 22.4 Å². The minimum atomic E-state index is -4.73. The highest BCUT2D eigenvalue weighted by atomic mass is 19.4. The van der Waals surface area contributed by atoms with Gasteiger partial charge in [-0.15, -0.1) is 0 Å². The maximum Gasteiger partial charge on any atom is 0.412 e. The number of pyridine rings is 2. The molecule has 1 aliphatic heterocycles. The summed E-state index contributed by atoms with van der Waals surface area (Å²) in [4.78, 5) is 25.3. The smallest absolute Gasteiger partial charge is 0.340 e. The largest absolute Gasteiger partial charge is 0.412 e. The second-order valence-corrected chi connectivity index (χ2v) is 7.45. The van der Waals surface area contributed by atoms with Gasteiger partial charge in [0.1, 0.15) is 5.82 Å². The van der Waals surface area contributed by atoms with Gasteiger partial charge in [-0.25, -0.2) is 4.39 Å². The lowest BCUT2D eigenvalue weighted by Gasteiger charge is -2.22. The molecule has 5 nitrogen and oxygen atoms in total. The van der Waals surface area contributed by atoms with E-state index in [2.05, 4.69) is 15.0 Å². The van der Waals surface area contributed by atoms with Gasteiger partial charge >= 0.3 is 6.18 Å². The predicted molar refractivity (Wildman–Crippen MR) is 110 cm³/mol. The van der Waals surface area contributed by atoms with Crippen molar-refractivity contribution in [3.8, 4) is 0 Å². The first-order valence-corrected chi connectivity index (χ1v) is 9.78. The molecule has 1 atom stereocenters. The third-order valence-corrected chi connectivity index (χ3v) is 5.06. The standard InChI is InChI=1S/C23H18F4N4O/c1-13-8-15(6-7-28-13)21-19-12-29-18(9-16(19)11-30-21)10-20(32)31-22(23(25,26)27)14-2-4-17(24)5-3-14/h2-9,12,22H,10-11H2,1H3,(H,31,32)/t22-/m0/s1. The second-order valence-electron chi connectivity index (χ2n) is 7.45. The van der Waals surface area contributed by atoms with E-state index in [4.69, 9.17) is 0 Å². The highest BCUT2D eigenvalue weighted by Gasteiger charge is 2.41. The number of aromatic nitrogens is 2. The van der Waals surface area contributed by atoms with Gasteiger partial charge in [-0.1, -0.05) is 12.1 Å². The molecule has 0 saturated heterocycles. The lowest BCUT2D eigenvalue weighted by molar-refractivity contribution is -0.163. The molecular formula is C23H18F4N4O. The lowest BCUT2D eigenvalue weighted by atomic mass is 10.0. The molecule has 1 aromatic carbocycles. The third-order valence-electron chi connectivity index (χ3n) is 5.06. The summed E-state index contributed by atoms with van der Waals surface area (Å²) in [6.07, 6.45) is -1.79. The van der Waals surface area contributed by atoms with E-state index < -0.39 is 23.9 Å². The number of hydrogen-bond acceptors (Lipinski definition) is 4. The number of carbonyl (C=O) groups is 1. The van der Waals surface area contributed by atoms with Gasteiger partial charge in [-0.05, 0) is 48.4 Å². The number of hydrogen-bond donors (Lipinski definition) is 1. The Morgan fingerprint density at radius 1 is 1.12 bits per heavy atom. The highest BCUT2D eigenvalue weighted by molar-refractivity contribution is 6.15. The quantitative estimate of drug-likeness (QED) is 0.601. The molecular weight excluding hydrogens is 424 g/mol. The van der Waals surface area contributed by atoms with Gasteiger partial charge in [0.25, 0.3) is 0 Å². The van der Waals surface area contributed by atoms with E-state index in [0.717, 1.165) is 52.4 Å². The Kier molecular flexibility index (Phi) is 5.73. The topological polar surface area (TPSA) is 67.2 Å². The molecule has 0 spiro atoms. The first-order chi connectivity index (χ1) is 15.2. The first-order valence-electron chi connectivity index (χ1n) is 9.78. The molecule has 3 heterocycles. The summed E-state index contributed by atoms with van der Waals surface area (Å²) in [5.74, 6) is -1.50. The van der Waals surface area contributed by atoms with Gasteiger partial charge in [-0.3, -0.25) is 19.8 Å². The first kappa shape index (κ1) is 21.6. The maximum absolute atomic E-state index is 13.5. The zero-order valence-corrected chi connectivity index (χ0v) is 16.9. The summed E-state index contributed by atoms with van der Waals surface area (Å²) in [6.45, 7) is 2.27. The van der Waals surface area contributed by atoms with E-state index in [-0.39, 0.29) is 12.0 Å². The van der Waals surface area contributed by atoms with E-state index >= 15 is 0 Å². The Labute approximate surface area is 181 Å². The Morgan fingerprint density at radius 2 is 1.88 bits per heavy atom. The van der Waals surface area contributed by atoms with Crippen molar-refractivity contribution < 1.29 is 22.4 Å². The second kappa shape index (κ2) is 8.49. The zero-order valence-electron chi connectivity index (χ0n) is 16.9. The Hall–Kier alpha value is -3.62. The molecule has 0 radical (unpaired) electrons.